The van der Waals surface area contributed by atoms with Crippen molar-refractivity contribution >= 4 is 10.9 Å². The lowest BCUT2D eigenvalue weighted by Gasteiger charge is -2.04. The highest BCUT2D eigenvalue weighted by atomic mass is 14.7. The van der Waals surface area contributed by atoms with Crippen molar-refractivity contribution in [2.24, 2.45) is 5.73 Å². The molecule has 0 bridgehead atoms. The fraction of sp³-hybridized carbons (Fsp3) is 0.375. The van der Waals surface area contributed by atoms with E-state index in [1.165, 1.54) is 33.2 Å². The van der Waals surface area contributed by atoms with E-state index in [9.17, 15) is 0 Å². The van der Waals surface area contributed by atoms with Gasteiger partial charge in [-0.15, -0.1) is 0 Å². The molecule has 0 aliphatic carbocycles. The quantitative estimate of drug-likeness (QED) is 0.792. The van der Waals surface area contributed by atoms with Crippen molar-refractivity contribution in [3.8, 4) is 0 Å². The molecule has 1 aromatic carbocycles. The molecule has 0 saturated carbocycles. The summed E-state index contributed by atoms with van der Waals surface area (Å²) in [5.74, 6) is 0. The summed E-state index contributed by atoms with van der Waals surface area (Å²) in [4.78, 5) is 3.41. The number of fused-ring (bicyclic) bond motifs is 1. The number of aromatic nitrogens is 1. The normalized spacial score (nSPS) is 10.9. The number of benzene rings is 1. The van der Waals surface area contributed by atoms with Gasteiger partial charge in [0.2, 0.25) is 0 Å². The summed E-state index contributed by atoms with van der Waals surface area (Å²) < 4.78 is 0. The average molecular weight is 242 g/mol. The minimum absolute atomic E-state index is 0.699. The Kier molecular flexibility index (Phi) is 3.87. The molecule has 0 spiro atoms. The smallest absolute Gasteiger partial charge is 0.0492 e. The Balaban J connectivity index is 2.49. The minimum atomic E-state index is 0.699. The molecule has 2 aromatic rings. The molecule has 0 atom stereocenters. The van der Waals surface area contributed by atoms with Crippen LogP contribution in [0, 0.1) is 6.92 Å². The summed E-state index contributed by atoms with van der Waals surface area (Å²) in [6.07, 6.45) is 6.30. The number of hydrogen-bond donors (Lipinski definition) is 2. The summed E-state index contributed by atoms with van der Waals surface area (Å²) in [5, 5.41) is 1.33. The van der Waals surface area contributed by atoms with E-state index in [2.05, 4.69) is 50.2 Å². The Bertz CT molecular complexity index is 572. The molecule has 3 N–H and O–H groups in total. The van der Waals surface area contributed by atoms with Gasteiger partial charge in [0.15, 0.2) is 0 Å². The monoisotopic (exact) mass is 242 g/mol. The molecular weight excluding hydrogens is 220 g/mol. The lowest BCUT2D eigenvalue weighted by atomic mass is 10.0. The third-order valence-electron chi connectivity index (χ3n) is 3.24. The van der Waals surface area contributed by atoms with Crippen molar-refractivity contribution < 1.29 is 0 Å². The van der Waals surface area contributed by atoms with Gasteiger partial charge in [-0.05, 0) is 57.4 Å². The molecule has 2 heteroatoms. The van der Waals surface area contributed by atoms with Crippen LogP contribution in [0.25, 0.3) is 10.9 Å². The van der Waals surface area contributed by atoms with E-state index in [0.717, 1.165) is 12.8 Å². The molecule has 0 saturated heterocycles. The summed E-state index contributed by atoms with van der Waals surface area (Å²) >= 11 is 0. The predicted molar refractivity (Wildman–Crippen MR) is 78.9 cm³/mol. The molecular formula is C16H22N2. The summed E-state index contributed by atoms with van der Waals surface area (Å²) in [7, 11) is 0. The second-order valence-corrected chi connectivity index (χ2v) is 5.18. The molecule has 96 valence electrons. The van der Waals surface area contributed by atoms with Gasteiger partial charge < -0.3 is 10.7 Å². The maximum absolute atomic E-state index is 5.66. The van der Waals surface area contributed by atoms with Crippen LogP contribution in [0.3, 0.4) is 0 Å². The van der Waals surface area contributed by atoms with Crippen LogP contribution in [0.15, 0.2) is 30.0 Å². The molecule has 18 heavy (non-hydrogen) atoms. The van der Waals surface area contributed by atoms with Crippen LogP contribution in [0.2, 0.25) is 0 Å². The molecule has 2 nitrogen and oxygen atoms in total. The highest BCUT2D eigenvalue weighted by molar-refractivity contribution is 5.87. The van der Waals surface area contributed by atoms with E-state index in [-0.39, 0.29) is 0 Å². The molecule has 0 radical (unpaired) electrons. The topological polar surface area (TPSA) is 41.8 Å². The third-order valence-corrected chi connectivity index (χ3v) is 3.24. The van der Waals surface area contributed by atoms with Crippen molar-refractivity contribution in [3.63, 3.8) is 0 Å². The Labute approximate surface area is 109 Å². The number of nitrogens with one attached hydrogen (secondary N) is 1. The summed E-state index contributed by atoms with van der Waals surface area (Å²) in [6, 6.07) is 4.52. The first-order valence-electron chi connectivity index (χ1n) is 6.54. The number of rotatable bonds is 4. The zero-order chi connectivity index (χ0) is 13.1. The molecule has 1 aromatic heterocycles. The lowest BCUT2D eigenvalue weighted by molar-refractivity contribution is 0.976. The van der Waals surface area contributed by atoms with Gasteiger partial charge in [0, 0.05) is 17.1 Å². The SMILES string of the molecule is CC(C)=CCc1cc(C)cc2c(CCN)c[nH]c12. The lowest BCUT2D eigenvalue weighted by Crippen LogP contribution is -2.01. The third kappa shape index (κ3) is 2.65. The van der Waals surface area contributed by atoms with E-state index >= 15 is 0 Å². The van der Waals surface area contributed by atoms with Crippen LogP contribution >= 0.6 is 0 Å². The number of aryl methyl sites for hydroxylation is 1. The van der Waals surface area contributed by atoms with Crippen molar-refractivity contribution in [1.29, 1.82) is 0 Å². The van der Waals surface area contributed by atoms with Crippen molar-refractivity contribution in [2.45, 2.75) is 33.6 Å². The van der Waals surface area contributed by atoms with E-state index < -0.39 is 0 Å². The van der Waals surface area contributed by atoms with Crippen LogP contribution in [-0.2, 0) is 12.8 Å². The first kappa shape index (κ1) is 12.9. The second-order valence-electron chi connectivity index (χ2n) is 5.18. The van der Waals surface area contributed by atoms with Gasteiger partial charge in [-0.25, -0.2) is 0 Å². The summed E-state index contributed by atoms with van der Waals surface area (Å²) in [6.45, 7) is 7.14. The van der Waals surface area contributed by atoms with Gasteiger partial charge in [-0.3, -0.25) is 0 Å². The minimum Gasteiger partial charge on any atom is -0.361 e. The van der Waals surface area contributed by atoms with Gasteiger partial charge in [0.25, 0.3) is 0 Å². The van der Waals surface area contributed by atoms with E-state index in [0.29, 0.717) is 6.54 Å². The number of nitrogens with two attached hydrogens (primary N) is 1. The zero-order valence-electron chi connectivity index (χ0n) is 11.5. The maximum atomic E-state index is 5.66. The summed E-state index contributed by atoms with van der Waals surface area (Å²) in [5.41, 5.74) is 12.3. The standard InChI is InChI=1S/C16H22N2/c1-11(2)4-5-13-8-12(3)9-15-14(6-7-17)10-18-16(13)15/h4,8-10,18H,5-7,17H2,1-3H3. The van der Waals surface area contributed by atoms with Crippen LogP contribution in [-0.4, -0.2) is 11.5 Å². The molecule has 0 fully saturated rings. The first-order valence-corrected chi connectivity index (χ1v) is 6.54. The molecule has 0 amide bonds. The molecule has 0 aliphatic heterocycles. The van der Waals surface area contributed by atoms with Gasteiger partial charge in [0.05, 0.1) is 0 Å². The van der Waals surface area contributed by atoms with E-state index in [4.69, 9.17) is 5.73 Å². The number of hydrogen-bond acceptors (Lipinski definition) is 1. The average Bonchev–Trinajstić information content (AvgIpc) is 2.70. The Hall–Kier alpha value is -1.54. The van der Waals surface area contributed by atoms with Crippen molar-refractivity contribution in [2.75, 3.05) is 6.54 Å². The van der Waals surface area contributed by atoms with Crippen LogP contribution in [0.4, 0.5) is 0 Å². The molecule has 0 unspecified atom stereocenters. The Morgan fingerprint density at radius 1 is 1.28 bits per heavy atom. The van der Waals surface area contributed by atoms with Gasteiger partial charge in [-0.1, -0.05) is 23.3 Å². The highest BCUT2D eigenvalue weighted by Gasteiger charge is 2.07. The van der Waals surface area contributed by atoms with Crippen LogP contribution in [0.5, 0.6) is 0 Å². The number of aromatic amines is 1. The largest absolute Gasteiger partial charge is 0.361 e. The fourth-order valence-electron chi connectivity index (χ4n) is 2.36. The van der Waals surface area contributed by atoms with Gasteiger partial charge in [0.1, 0.15) is 0 Å². The fourth-order valence-corrected chi connectivity index (χ4v) is 2.36. The van der Waals surface area contributed by atoms with Crippen molar-refractivity contribution in [3.05, 3.63) is 46.7 Å². The Morgan fingerprint density at radius 2 is 2.06 bits per heavy atom. The first-order chi connectivity index (χ1) is 8.61. The second kappa shape index (κ2) is 5.40. The predicted octanol–water partition coefficient (Wildman–Crippen LogP) is 3.49. The maximum Gasteiger partial charge on any atom is 0.0492 e. The molecule has 2 rings (SSSR count). The number of H-pyrrole nitrogens is 1. The Morgan fingerprint density at radius 3 is 2.72 bits per heavy atom. The highest BCUT2D eigenvalue weighted by Crippen LogP contribution is 2.25. The van der Waals surface area contributed by atoms with E-state index in [1.54, 1.807) is 0 Å². The van der Waals surface area contributed by atoms with Crippen LogP contribution in [0.1, 0.15) is 30.5 Å². The van der Waals surface area contributed by atoms with Crippen molar-refractivity contribution in [1.82, 2.24) is 4.98 Å². The van der Waals surface area contributed by atoms with Gasteiger partial charge >= 0.3 is 0 Å². The van der Waals surface area contributed by atoms with Gasteiger partial charge in [-0.2, -0.15) is 0 Å². The molecule has 1 heterocycles. The molecule has 0 aliphatic rings. The number of allylic oxidation sites excluding steroid dienone is 2. The zero-order valence-corrected chi connectivity index (χ0v) is 11.5. The van der Waals surface area contributed by atoms with E-state index in [1.807, 2.05) is 0 Å². The van der Waals surface area contributed by atoms with Crippen LogP contribution < -0.4 is 5.73 Å².